The summed E-state index contributed by atoms with van der Waals surface area (Å²) in [6.07, 6.45) is 3.08. The number of nitrogens with zero attached hydrogens (tertiary/aromatic N) is 3. The summed E-state index contributed by atoms with van der Waals surface area (Å²) in [6.45, 7) is 3.63. The fourth-order valence-corrected chi connectivity index (χ4v) is 3.47. The molecule has 0 spiro atoms. The van der Waals surface area contributed by atoms with Crippen molar-refractivity contribution in [3.63, 3.8) is 0 Å². The number of aryl methyl sites for hydroxylation is 2. The first-order chi connectivity index (χ1) is 12.9. The van der Waals surface area contributed by atoms with Crippen LogP contribution in [0.2, 0.25) is 0 Å². The van der Waals surface area contributed by atoms with E-state index in [1.807, 2.05) is 6.92 Å². The van der Waals surface area contributed by atoms with Gasteiger partial charge in [-0.25, -0.2) is 4.98 Å². The summed E-state index contributed by atoms with van der Waals surface area (Å²) >= 11 is 0. The monoisotopic (exact) mass is 372 g/mol. The van der Waals surface area contributed by atoms with Crippen molar-refractivity contribution in [2.24, 2.45) is 11.8 Å². The second-order valence-corrected chi connectivity index (χ2v) is 6.80. The van der Waals surface area contributed by atoms with Crippen LogP contribution in [0.3, 0.4) is 0 Å². The van der Waals surface area contributed by atoms with Crippen LogP contribution in [0, 0.1) is 18.8 Å². The van der Waals surface area contributed by atoms with E-state index in [0.717, 1.165) is 12.8 Å². The van der Waals surface area contributed by atoms with Gasteiger partial charge in [0.25, 0.3) is 5.56 Å². The quantitative estimate of drug-likeness (QED) is 0.777. The molecule has 0 saturated heterocycles. The molecule has 1 amide bonds. The molecule has 144 valence electrons. The third-order valence-corrected chi connectivity index (χ3v) is 4.83. The van der Waals surface area contributed by atoms with E-state index < -0.39 is 17.8 Å². The van der Waals surface area contributed by atoms with E-state index in [1.54, 1.807) is 13.0 Å². The van der Waals surface area contributed by atoms with Gasteiger partial charge in [0.05, 0.1) is 5.69 Å². The van der Waals surface area contributed by atoms with Crippen molar-refractivity contribution < 1.29 is 14.7 Å². The number of hydrogen-bond acceptors (Lipinski definition) is 6. The number of aromatic nitrogens is 4. The average molecular weight is 372 g/mol. The van der Waals surface area contributed by atoms with Crippen molar-refractivity contribution in [3.05, 3.63) is 33.9 Å². The Morgan fingerprint density at radius 1 is 1.30 bits per heavy atom. The average Bonchev–Trinajstić information content (AvgIpc) is 3.01. The summed E-state index contributed by atoms with van der Waals surface area (Å²) in [7, 11) is 0. The molecule has 0 radical (unpaired) electrons. The second kappa shape index (κ2) is 7.73. The molecule has 2 N–H and O–H groups in total. The molecule has 1 aliphatic carbocycles. The number of carbonyl (C=O) groups excluding carboxylic acids is 2. The van der Waals surface area contributed by atoms with Crippen molar-refractivity contribution in [1.82, 2.24) is 19.7 Å². The highest BCUT2D eigenvalue weighted by Crippen LogP contribution is 2.31. The predicted molar refractivity (Wildman–Crippen MR) is 95.2 cm³/mol. The number of H-pyrrole nitrogens is 1. The standard InChI is InChI=1S/C18H23N5O4/c1-3-11-9-15(24)21-18(19-11)23-14(8-10(2)22-23)20-16(25)12-6-4-5-7-13(12)17(26)27/h8-9,12-13H,3-7H2,1-2H3,(H,20,25)(H,26,27)(H,19,21,24)/p-1/t12-,13+/m1/s1. The lowest BCUT2D eigenvalue weighted by Gasteiger charge is -2.31. The van der Waals surface area contributed by atoms with E-state index in [0.29, 0.717) is 36.5 Å². The molecule has 0 aliphatic heterocycles. The summed E-state index contributed by atoms with van der Waals surface area (Å²) in [5, 5.41) is 18.4. The molecule has 9 heteroatoms. The van der Waals surface area contributed by atoms with E-state index in [4.69, 9.17) is 0 Å². The molecular formula is C18H22N5O4-. The molecule has 27 heavy (non-hydrogen) atoms. The molecule has 0 unspecified atom stereocenters. The van der Waals surface area contributed by atoms with Gasteiger partial charge in [-0.1, -0.05) is 19.8 Å². The minimum absolute atomic E-state index is 0.197. The van der Waals surface area contributed by atoms with Crippen LogP contribution in [0.1, 0.15) is 44.0 Å². The SMILES string of the molecule is CCc1cc(=O)[nH]c(-n2nc(C)cc2NC(=O)[C@@H]2CCCC[C@@H]2C(=O)[O-])n1. The Kier molecular flexibility index (Phi) is 5.38. The molecular weight excluding hydrogens is 350 g/mol. The maximum Gasteiger partial charge on any atom is 0.252 e. The number of anilines is 1. The van der Waals surface area contributed by atoms with E-state index in [1.165, 1.54) is 10.7 Å². The van der Waals surface area contributed by atoms with Crippen LogP contribution < -0.4 is 16.0 Å². The van der Waals surface area contributed by atoms with Crippen molar-refractivity contribution in [2.75, 3.05) is 5.32 Å². The van der Waals surface area contributed by atoms with Crippen LogP contribution in [0.25, 0.3) is 5.95 Å². The molecule has 1 fully saturated rings. The van der Waals surface area contributed by atoms with Gasteiger partial charge in [0.1, 0.15) is 5.82 Å². The first-order valence-corrected chi connectivity index (χ1v) is 9.08. The van der Waals surface area contributed by atoms with E-state index in [2.05, 4.69) is 20.4 Å². The maximum atomic E-state index is 12.7. The van der Waals surface area contributed by atoms with Crippen molar-refractivity contribution >= 4 is 17.7 Å². The highest BCUT2D eigenvalue weighted by Gasteiger charge is 2.32. The van der Waals surface area contributed by atoms with E-state index >= 15 is 0 Å². The van der Waals surface area contributed by atoms with Crippen LogP contribution in [-0.2, 0) is 16.0 Å². The van der Waals surface area contributed by atoms with Gasteiger partial charge in [-0.2, -0.15) is 9.78 Å². The zero-order chi connectivity index (χ0) is 19.6. The van der Waals surface area contributed by atoms with Crippen LogP contribution >= 0.6 is 0 Å². The van der Waals surface area contributed by atoms with Gasteiger partial charge in [-0.15, -0.1) is 0 Å². The Bertz CT molecular complexity index is 917. The van der Waals surface area contributed by atoms with Crippen molar-refractivity contribution in [1.29, 1.82) is 0 Å². The van der Waals surface area contributed by atoms with Crippen LogP contribution in [-0.4, -0.2) is 31.6 Å². The number of carboxylic acids is 1. The molecule has 9 nitrogen and oxygen atoms in total. The third-order valence-electron chi connectivity index (χ3n) is 4.83. The largest absolute Gasteiger partial charge is 0.550 e. The first kappa shape index (κ1) is 18.8. The number of amides is 1. The molecule has 2 aromatic heterocycles. The number of carbonyl (C=O) groups is 2. The third kappa shape index (κ3) is 4.07. The highest BCUT2D eigenvalue weighted by atomic mass is 16.4. The van der Waals surface area contributed by atoms with Gasteiger partial charge >= 0.3 is 0 Å². The molecule has 3 rings (SSSR count). The molecule has 1 aliphatic rings. The fraction of sp³-hybridized carbons (Fsp3) is 0.500. The first-order valence-electron chi connectivity index (χ1n) is 9.08. The minimum atomic E-state index is -1.19. The lowest BCUT2D eigenvalue weighted by molar-refractivity contribution is -0.313. The molecule has 2 atom stereocenters. The van der Waals surface area contributed by atoms with Crippen molar-refractivity contribution in [3.8, 4) is 5.95 Å². The van der Waals surface area contributed by atoms with Crippen LogP contribution in [0.4, 0.5) is 5.82 Å². The Morgan fingerprint density at radius 3 is 2.67 bits per heavy atom. The summed E-state index contributed by atoms with van der Waals surface area (Å²) in [5.74, 6) is -2.50. The lowest BCUT2D eigenvalue weighted by atomic mass is 9.79. The van der Waals surface area contributed by atoms with Gasteiger partial charge in [0.2, 0.25) is 11.9 Å². The molecule has 2 aromatic rings. The lowest BCUT2D eigenvalue weighted by Crippen LogP contribution is -2.42. The maximum absolute atomic E-state index is 12.7. The van der Waals surface area contributed by atoms with E-state index in [9.17, 15) is 19.5 Å². The number of rotatable bonds is 5. The Labute approximate surface area is 155 Å². The number of carboxylic acid groups (broad SMARTS) is 1. The van der Waals surface area contributed by atoms with Gasteiger partial charge in [-0.05, 0) is 26.2 Å². The van der Waals surface area contributed by atoms with Crippen LogP contribution in [0.15, 0.2) is 16.9 Å². The summed E-state index contributed by atoms with van der Waals surface area (Å²) in [5.41, 5.74) is 0.907. The fourth-order valence-electron chi connectivity index (χ4n) is 3.47. The van der Waals surface area contributed by atoms with Gasteiger partial charge in [-0.3, -0.25) is 14.6 Å². The second-order valence-electron chi connectivity index (χ2n) is 6.80. The minimum Gasteiger partial charge on any atom is -0.550 e. The van der Waals surface area contributed by atoms with E-state index in [-0.39, 0.29) is 17.4 Å². The summed E-state index contributed by atoms with van der Waals surface area (Å²) < 4.78 is 1.35. The Hall–Kier alpha value is -2.97. The number of aliphatic carboxylic acids is 1. The highest BCUT2D eigenvalue weighted by molar-refractivity contribution is 5.94. The van der Waals surface area contributed by atoms with Gasteiger partial charge in [0.15, 0.2) is 0 Å². The normalized spacial score (nSPS) is 19.6. The smallest absolute Gasteiger partial charge is 0.252 e. The summed E-state index contributed by atoms with van der Waals surface area (Å²) in [6, 6.07) is 3.05. The number of hydrogen-bond donors (Lipinski definition) is 2. The number of aromatic amines is 1. The number of nitrogens with one attached hydrogen (secondary N) is 2. The zero-order valence-electron chi connectivity index (χ0n) is 15.3. The van der Waals surface area contributed by atoms with Gasteiger partial charge in [0, 0.05) is 35.6 Å². The molecule has 0 bridgehead atoms. The van der Waals surface area contributed by atoms with Crippen LogP contribution in [0.5, 0.6) is 0 Å². The molecule has 1 saturated carbocycles. The molecule has 0 aromatic carbocycles. The predicted octanol–water partition coefficient (Wildman–Crippen LogP) is 0.321. The topological polar surface area (TPSA) is 133 Å². The summed E-state index contributed by atoms with van der Waals surface area (Å²) in [4.78, 5) is 42.9. The Balaban J connectivity index is 1.90. The zero-order valence-corrected chi connectivity index (χ0v) is 15.3. The van der Waals surface area contributed by atoms with Crippen molar-refractivity contribution in [2.45, 2.75) is 46.0 Å². The molecule has 2 heterocycles. The van der Waals surface area contributed by atoms with Gasteiger partial charge < -0.3 is 15.2 Å². The Morgan fingerprint density at radius 2 is 2.00 bits per heavy atom.